The lowest BCUT2D eigenvalue weighted by Gasteiger charge is -2.06. The number of hydrogen-bond acceptors (Lipinski definition) is 2. The number of anilines is 1. The number of carboxylic acid groups (broad SMARTS) is 1. The molecule has 0 bridgehead atoms. The largest absolute Gasteiger partial charge is 0.481 e. The Kier molecular flexibility index (Phi) is 4.10. The molecule has 16 heavy (non-hydrogen) atoms. The van der Waals surface area contributed by atoms with E-state index in [0.717, 1.165) is 0 Å². The quantitative estimate of drug-likeness (QED) is 0.749. The van der Waals surface area contributed by atoms with Crippen molar-refractivity contribution in [2.45, 2.75) is 13.3 Å². The van der Waals surface area contributed by atoms with Crippen molar-refractivity contribution in [3.63, 3.8) is 0 Å². The van der Waals surface area contributed by atoms with Gasteiger partial charge >= 0.3 is 5.97 Å². The molecule has 2 N–H and O–H groups in total. The molecule has 0 saturated carbocycles. The predicted octanol–water partition coefficient (Wildman–Crippen LogP) is 1.28. The Morgan fingerprint density at radius 2 is 2.06 bits per heavy atom. The van der Waals surface area contributed by atoms with Crippen molar-refractivity contribution in [1.29, 1.82) is 0 Å². The minimum atomic E-state index is -0.941. The Bertz CT molecular complexity index is 469. The molecule has 1 aromatic carbocycles. The highest BCUT2D eigenvalue weighted by Crippen LogP contribution is 2.15. The van der Waals surface area contributed by atoms with Crippen LogP contribution >= 0.6 is 0 Å². The summed E-state index contributed by atoms with van der Waals surface area (Å²) < 4.78 is 0. The number of hydrogen-bond donors (Lipinski definition) is 2. The molecule has 0 aliphatic heterocycles. The van der Waals surface area contributed by atoms with Gasteiger partial charge in [0.15, 0.2) is 0 Å². The van der Waals surface area contributed by atoms with Gasteiger partial charge in [0.1, 0.15) is 0 Å². The first-order valence-electron chi connectivity index (χ1n) is 4.67. The summed E-state index contributed by atoms with van der Waals surface area (Å²) in [4.78, 5) is 21.8. The molecule has 0 saturated heterocycles. The molecule has 4 nitrogen and oxygen atoms in total. The van der Waals surface area contributed by atoms with Crippen molar-refractivity contribution in [2.24, 2.45) is 0 Å². The van der Waals surface area contributed by atoms with Crippen LogP contribution in [0.2, 0.25) is 0 Å². The van der Waals surface area contributed by atoms with Gasteiger partial charge in [-0.3, -0.25) is 9.59 Å². The van der Waals surface area contributed by atoms with Crippen LogP contribution in [0.25, 0.3) is 0 Å². The zero-order chi connectivity index (χ0) is 12.0. The second-order valence-corrected chi connectivity index (χ2v) is 3.06. The van der Waals surface area contributed by atoms with Crippen LogP contribution in [0.4, 0.5) is 5.69 Å². The predicted molar refractivity (Wildman–Crippen MR) is 59.9 cm³/mol. The van der Waals surface area contributed by atoms with E-state index in [1.807, 2.05) is 0 Å². The zero-order valence-corrected chi connectivity index (χ0v) is 8.78. The molecular weight excluding hydrogens is 206 g/mol. The molecule has 0 heterocycles. The van der Waals surface area contributed by atoms with Crippen LogP contribution in [-0.2, 0) is 16.0 Å². The highest BCUT2D eigenvalue weighted by atomic mass is 16.4. The summed E-state index contributed by atoms with van der Waals surface area (Å²) >= 11 is 0. The lowest BCUT2D eigenvalue weighted by Crippen LogP contribution is -2.11. The maximum atomic E-state index is 11.2. The summed E-state index contributed by atoms with van der Waals surface area (Å²) in [6.07, 6.45) is -0.129. The number of rotatable bonds is 3. The normalized spacial score (nSPS) is 8.81. The fourth-order valence-electron chi connectivity index (χ4n) is 1.23. The molecular formula is C12H11NO3. The fourth-order valence-corrected chi connectivity index (χ4v) is 1.23. The van der Waals surface area contributed by atoms with Crippen LogP contribution in [0.15, 0.2) is 24.3 Å². The molecule has 0 radical (unpaired) electrons. The molecule has 82 valence electrons. The van der Waals surface area contributed by atoms with E-state index in [1.165, 1.54) is 0 Å². The molecule has 1 rings (SSSR count). The van der Waals surface area contributed by atoms with Crippen molar-refractivity contribution in [3.05, 3.63) is 29.8 Å². The van der Waals surface area contributed by atoms with E-state index in [9.17, 15) is 9.59 Å². The third-order valence-electron chi connectivity index (χ3n) is 1.85. The maximum Gasteiger partial charge on any atom is 0.307 e. The smallest absolute Gasteiger partial charge is 0.307 e. The SMILES string of the molecule is CC#CC(=O)Nc1ccccc1CC(=O)O. The molecule has 0 aliphatic rings. The Hall–Kier alpha value is -2.28. The van der Waals surface area contributed by atoms with E-state index in [2.05, 4.69) is 17.2 Å². The summed E-state index contributed by atoms with van der Waals surface area (Å²) in [6, 6.07) is 6.75. The molecule has 0 aliphatic carbocycles. The molecule has 1 amide bonds. The summed E-state index contributed by atoms with van der Waals surface area (Å²) in [6.45, 7) is 1.56. The summed E-state index contributed by atoms with van der Waals surface area (Å²) in [5.41, 5.74) is 1.04. The highest BCUT2D eigenvalue weighted by molar-refractivity contribution is 6.04. The number of carbonyl (C=O) groups excluding carboxylic acids is 1. The zero-order valence-electron chi connectivity index (χ0n) is 8.78. The van der Waals surface area contributed by atoms with Gasteiger partial charge in [0.25, 0.3) is 5.91 Å². The monoisotopic (exact) mass is 217 g/mol. The van der Waals surface area contributed by atoms with E-state index in [4.69, 9.17) is 5.11 Å². The Labute approximate surface area is 93.3 Å². The average Bonchev–Trinajstić information content (AvgIpc) is 2.20. The minimum absolute atomic E-state index is 0.129. The lowest BCUT2D eigenvalue weighted by atomic mass is 10.1. The Balaban J connectivity index is 2.89. The van der Waals surface area contributed by atoms with Gasteiger partial charge in [0, 0.05) is 5.69 Å². The summed E-state index contributed by atoms with van der Waals surface area (Å²) in [5.74, 6) is 3.41. The van der Waals surface area contributed by atoms with E-state index in [-0.39, 0.29) is 6.42 Å². The van der Waals surface area contributed by atoms with Gasteiger partial charge in [-0.1, -0.05) is 24.1 Å². The van der Waals surface area contributed by atoms with Crippen LogP contribution in [0.3, 0.4) is 0 Å². The second kappa shape index (κ2) is 5.56. The first-order valence-corrected chi connectivity index (χ1v) is 4.67. The average molecular weight is 217 g/mol. The van der Waals surface area contributed by atoms with Crippen molar-refractivity contribution in [3.8, 4) is 11.8 Å². The first kappa shape index (κ1) is 11.8. The molecule has 4 heteroatoms. The number of carbonyl (C=O) groups is 2. The number of benzene rings is 1. The van der Waals surface area contributed by atoms with Gasteiger partial charge in [-0.25, -0.2) is 0 Å². The van der Waals surface area contributed by atoms with Crippen LogP contribution < -0.4 is 5.32 Å². The van der Waals surface area contributed by atoms with Crippen molar-refractivity contribution < 1.29 is 14.7 Å². The number of amides is 1. The third kappa shape index (κ3) is 3.46. The second-order valence-electron chi connectivity index (χ2n) is 3.06. The summed E-state index contributed by atoms with van der Waals surface area (Å²) in [5, 5.41) is 11.2. The molecule has 1 aromatic rings. The van der Waals surface area contributed by atoms with Gasteiger partial charge in [-0.2, -0.15) is 0 Å². The molecule has 0 atom stereocenters. The lowest BCUT2D eigenvalue weighted by molar-refractivity contribution is -0.136. The molecule has 0 unspecified atom stereocenters. The van der Waals surface area contributed by atoms with Gasteiger partial charge in [-0.15, -0.1) is 0 Å². The minimum Gasteiger partial charge on any atom is -0.481 e. The van der Waals surface area contributed by atoms with Gasteiger partial charge in [0.2, 0.25) is 0 Å². The van der Waals surface area contributed by atoms with Gasteiger partial charge in [0.05, 0.1) is 6.42 Å². The topological polar surface area (TPSA) is 66.4 Å². The van der Waals surface area contributed by atoms with Crippen LogP contribution in [0, 0.1) is 11.8 Å². The van der Waals surface area contributed by atoms with Crippen LogP contribution in [0.1, 0.15) is 12.5 Å². The van der Waals surface area contributed by atoms with Crippen LogP contribution in [-0.4, -0.2) is 17.0 Å². The van der Waals surface area contributed by atoms with Gasteiger partial charge < -0.3 is 10.4 Å². The van der Waals surface area contributed by atoms with E-state index in [0.29, 0.717) is 11.3 Å². The number of nitrogens with one attached hydrogen (secondary N) is 1. The summed E-state index contributed by atoms with van der Waals surface area (Å²) in [7, 11) is 0. The number of para-hydroxylation sites is 1. The number of aliphatic carboxylic acids is 1. The van der Waals surface area contributed by atoms with Crippen molar-refractivity contribution in [2.75, 3.05) is 5.32 Å². The first-order chi connectivity index (χ1) is 7.63. The third-order valence-corrected chi connectivity index (χ3v) is 1.85. The standard InChI is InChI=1S/C12H11NO3/c1-2-5-11(14)13-10-7-4-3-6-9(10)8-12(15)16/h3-4,6-7H,8H2,1H3,(H,13,14)(H,15,16). The molecule has 0 aromatic heterocycles. The fraction of sp³-hybridized carbons (Fsp3) is 0.167. The van der Waals surface area contributed by atoms with Crippen LogP contribution in [0.5, 0.6) is 0 Å². The Morgan fingerprint density at radius 3 is 2.69 bits per heavy atom. The van der Waals surface area contributed by atoms with Crippen molar-refractivity contribution in [1.82, 2.24) is 0 Å². The Morgan fingerprint density at radius 1 is 1.38 bits per heavy atom. The van der Waals surface area contributed by atoms with Crippen molar-refractivity contribution >= 4 is 17.6 Å². The van der Waals surface area contributed by atoms with E-state index in [1.54, 1.807) is 31.2 Å². The molecule has 0 fully saturated rings. The van der Waals surface area contributed by atoms with E-state index < -0.39 is 11.9 Å². The molecule has 0 spiro atoms. The highest BCUT2D eigenvalue weighted by Gasteiger charge is 2.07. The maximum absolute atomic E-state index is 11.2. The van der Waals surface area contributed by atoms with Gasteiger partial charge in [-0.05, 0) is 24.5 Å². The van der Waals surface area contributed by atoms with E-state index >= 15 is 0 Å². The number of carboxylic acids is 1.